The Hall–Kier alpha value is -0.660. The minimum absolute atomic E-state index is 0.287. The van der Waals surface area contributed by atoms with Gasteiger partial charge in [0.2, 0.25) is 0 Å². The minimum Gasteiger partial charge on any atom is -0.295 e. The molecule has 9 heavy (non-hydrogen) atoms. The van der Waals surface area contributed by atoms with E-state index in [9.17, 15) is 0 Å². The zero-order valence-electron chi connectivity index (χ0n) is 5.91. The van der Waals surface area contributed by atoms with Crippen LogP contribution in [-0.2, 0) is 0 Å². The van der Waals surface area contributed by atoms with Crippen LogP contribution in [0.4, 0.5) is 0 Å². The lowest BCUT2D eigenvalue weighted by molar-refractivity contribution is 0.806. The molecule has 0 fully saturated rings. The molecule has 0 spiro atoms. The minimum atomic E-state index is 0.287. The Kier molecular flexibility index (Phi) is 1.98. The zero-order chi connectivity index (χ0) is 6.69. The van der Waals surface area contributed by atoms with E-state index < -0.39 is 0 Å². The van der Waals surface area contributed by atoms with E-state index in [1.807, 2.05) is 19.4 Å². The van der Waals surface area contributed by atoms with Gasteiger partial charge in [0.05, 0.1) is 6.04 Å². The molecule has 0 N–H and O–H groups in total. The number of nitrogens with zero attached hydrogens (tertiary/aromatic N) is 2. The molecule has 0 saturated carbocycles. The van der Waals surface area contributed by atoms with Crippen LogP contribution in [-0.4, -0.2) is 25.0 Å². The van der Waals surface area contributed by atoms with Gasteiger partial charge in [-0.1, -0.05) is 6.92 Å². The maximum atomic E-state index is 4.23. The van der Waals surface area contributed by atoms with Crippen LogP contribution in [0.2, 0.25) is 0 Å². The first-order chi connectivity index (χ1) is 4.29. The molecular formula is C7H12N2. The van der Waals surface area contributed by atoms with E-state index in [4.69, 9.17) is 0 Å². The summed E-state index contributed by atoms with van der Waals surface area (Å²) >= 11 is 0. The summed E-state index contributed by atoms with van der Waals surface area (Å²) < 4.78 is 0. The summed E-state index contributed by atoms with van der Waals surface area (Å²) in [7, 11) is 0. The van der Waals surface area contributed by atoms with Crippen LogP contribution >= 0.6 is 0 Å². The molecule has 0 saturated heterocycles. The van der Waals surface area contributed by atoms with Crippen molar-refractivity contribution >= 4 is 12.4 Å². The average Bonchev–Trinajstić information content (AvgIpc) is 1.97. The van der Waals surface area contributed by atoms with Crippen molar-refractivity contribution in [2.45, 2.75) is 19.9 Å². The van der Waals surface area contributed by atoms with Crippen molar-refractivity contribution < 1.29 is 0 Å². The smallest absolute Gasteiger partial charge is 0.0814 e. The van der Waals surface area contributed by atoms with Crippen LogP contribution < -0.4 is 0 Å². The first-order valence-corrected chi connectivity index (χ1v) is 3.32. The van der Waals surface area contributed by atoms with Crippen molar-refractivity contribution in [1.29, 1.82) is 0 Å². The third-order valence-electron chi connectivity index (χ3n) is 1.29. The van der Waals surface area contributed by atoms with Crippen LogP contribution in [0.5, 0.6) is 0 Å². The molecule has 0 aromatic rings. The highest BCUT2D eigenvalue weighted by molar-refractivity contribution is 5.71. The number of hydrogen-bond acceptors (Lipinski definition) is 2. The van der Waals surface area contributed by atoms with Crippen molar-refractivity contribution in [2.75, 3.05) is 6.54 Å². The van der Waals surface area contributed by atoms with Crippen molar-refractivity contribution in [2.24, 2.45) is 15.9 Å². The zero-order valence-corrected chi connectivity index (χ0v) is 5.91. The predicted octanol–water partition coefficient (Wildman–Crippen LogP) is 1.17. The summed E-state index contributed by atoms with van der Waals surface area (Å²) in [6, 6.07) is 0.287. The Labute approximate surface area is 55.7 Å². The Morgan fingerprint density at radius 2 is 2.11 bits per heavy atom. The Morgan fingerprint density at radius 1 is 1.33 bits per heavy atom. The van der Waals surface area contributed by atoms with Gasteiger partial charge >= 0.3 is 0 Å². The summed E-state index contributed by atoms with van der Waals surface area (Å²) in [5.41, 5.74) is 0. The molecule has 2 nitrogen and oxygen atoms in total. The van der Waals surface area contributed by atoms with E-state index in [2.05, 4.69) is 16.9 Å². The number of rotatable bonds is 0. The standard InChI is InChI=1S/C7H12N2/c1-6-3-8-5-7(2)9-4-6/h4-7H,3H2,1-2H3. The highest BCUT2D eigenvalue weighted by Gasteiger charge is 2.00. The fraction of sp³-hybridized carbons (Fsp3) is 0.714. The van der Waals surface area contributed by atoms with Crippen molar-refractivity contribution in [3.8, 4) is 0 Å². The van der Waals surface area contributed by atoms with Gasteiger partial charge in [0.1, 0.15) is 0 Å². The summed E-state index contributed by atoms with van der Waals surface area (Å²) in [6.45, 7) is 5.06. The lowest BCUT2D eigenvalue weighted by Crippen LogP contribution is -1.98. The lowest BCUT2D eigenvalue weighted by Gasteiger charge is -1.94. The molecule has 2 unspecified atom stereocenters. The molecule has 1 aliphatic rings. The van der Waals surface area contributed by atoms with Gasteiger partial charge in [-0.25, -0.2) is 0 Å². The maximum absolute atomic E-state index is 4.23. The van der Waals surface area contributed by atoms with Crippen LogP contribution in [0.1, 0.15) is 13.8 Å². The Bertz CT molecular complexity index is 138. The normalized spacial score (nSPS) is 34.4. The van der Waals surface area contributed by atoms with Gasteiger partial charge in [-0.3, -0.25) is 9.98 Å². The van der Waals surface area contributed by atoms with Gasteiger partial charge in [-0.15, -0.1) is 0 Å². The van der Waals surface area contributed by atoms with Crippen LogP contribution in [0, 0.1) is 5.92 Å². The van der Waals surface area contributed by atoms with E-state index in [1.54, 1.807) is 0 Å². The molecule has 1 heterocycles. The molecule has 1 aliphatic heterocycles. The topological polar surface area (TPSA) is 24.7 Å². The fourth-order valence-electron chi connectivity index (χ4n) is 0.748. The van der Waals surface area contributed by atoms with Crippen LogP contribution in [0.25, 0.3) is 0 Å². The molecular weight excluding hydrogens is 112 g/mol. The molecule has 0 amide bonds. The summed E-state index contributed by atoms with van der Waals surface area (Å²) in [5.74, 6) is 0.520. The van der Waals surface area contributed by atoms with Crippen LogP contribution in [0.3, 0.4) is 0 Å². The monoisotopic (exact) mass is 124 g/mol. The van der Waals surface area contributed by atoms with E-state index in [0.717, 1.165) is 6.54 Å². The molecule has 0 aromatic carbocycles. The first-order valence-electron chi connectivity index (χ1n) is 3.32. The third kappa shape index (κ3) is 1.96. The average molecular weight is 124 g/mol. The van der Waals surface area contributed by atoms with Crippen molar-refractivity contribution in [3.05, 3.63) is 0 Å². The first kappa shape index (κ1) is 6.46. The van der Waals surface area contributed by atoms with E-state index in [1.165, 1.54) is 0 Å². The summed E-state index contributed by atoms with van der Waals surface area (Å²) in [5, 5.41) is 0. The molecule has 2 heteroatoms. The highest BCUT2D eigenvalue weighted by atomic mass is 14.8. The van der Waals surface area contributed by atoms with Gasteiger partial charge in [-0.05, 0) is 6.92 Å². The lowest BCUT2D eigenvalue weighted by atomic mass is 10.2. The maximum Gasteiger partial charge on any atom is 0.0814 e. The third-order valence-corrected chi connectivity index (χ3v) is 1.29. The molecule has 0 radical (unpaired) electrons. The Morgan fingerprint density at radius 3 is 2.89 bits per heavy atom. The quantitative estimate of drug-likeness (QED) is 0.463. The molecule has 1 rings (SSSR count). The van der Waals surface area contributed by atoms with Crippen molar-refractivity contribution in [3.63, 3.8) is 0 Å². The SMILES string of the molecule is CC1C=NC(C)C=NC1. The van der Waals surface area contributed by atoms with E-state index in [-0.39, 0.29) is 6.04 Å². The fourth-order valence-corrected chi connectivity index (χ4v) is 0.748. The molecule has 0 aromatic heterocycles. The predicted molar refractivity (Wildman–Crippen MR) is 40.5 cm³/mol. The van der Waals surface area contributed by atoms with Crippen molar-refractivity contribution in [1.82, 2.24) is 0 Å². The van der Waals surface area contributed by atoms with Gasteiger partial charge < -0.3 is 0 Å². The largest absolute Gasteiger partial charge is 0.295 e. The second-order valence-electron chi connectivity index (χ2n) is 2.53. The molecule has 2 atom stereocenters. The van der Waals surface area contributed by atoms with Gasteiger partial charge in [-0.2, -0.15) is 0 Å². The second-order valence-corrected chi connectivity index (χ2v) is 2.53. The van der Waals surface area contributed by atoms with E-state index >= 15 is 0 Å². The van der Waals surface area contributed by atoms with Gasteiger partial charge in [0.15, 0.2) is 0 Å². The van der Waals surface area contributed by atoms with E-state index in [0.29, 0.717) is 5.92 Å². The van der Waals surface area contributed by atoms with Gasteiger partial charge in [0.25, 0.3) is 0 Å². The molecule has 0 aliphatic carbocycles. The summed E-state index contributed by atoms with van der Waals surface area (Å²) in [6.07, 6.45) is 3.89. The van der Waals surface area contributed by atoms with Gasteiger partial charge in [0, 0.05) is 24.9 Å². The molecule has 50 valence electrons. The van der Waals surface area contributed by atoms with Crippen LogP contribution in [0.15, 0.2) is 9.98 Å². The summed E-state index contributed by atoms with van der Waals surface area (Å²) in [4.78, 5) is 8.41. The number of aliphatic imine (C=N–C) groups is 2. The Balaban J connectivity index is 2.58. The highest BCUT2D eigenvalue weighted by Crippen LogP contribution is 1.97. The number of hydrogen-bond donors (Lipinski definition) is 0. The molecule has 0 bridgehead atoms. The second kappa shape index (κ2) is 2.76.